The third-order valence-electron chi connectivity index (χ3n) is 5.13. The van der Waals surface area contributed by atoms with Crippen LogP contribution in [0.25, 0.3) is 0 Å². The molecule has 0 aromatic heterocycles. The van der Waals surface area contributed by atoms with Gasteiger partial charge in [0.15, 0.2) is 0 Å². The van der Waals surface area contributed by atoms with E-state index in [1.807, 2.05) is 12.1 Å². The molecule has 2 aromatic rings. The topological polar surface area (TPSA) is 23.8 Å². The van der Waals surface area contributed by atoms with Gasteiger partial charge in [-0.15, -0.1) is 0 Å². The molecule has 126 valence electrons. The van der Waals surface area contributed by atoms with E-state index in [9.17, 15) is 0 Å². The van der Waals surface area contributed by atoms with Gasteiger partial charge in [0.05, 0.1) is 11.6 Å². The van der Waals surface area contributed by atoms with Crippen LogP contribution in [0.2, 0.25) is 0 Å². The molecular weight excluding hydrogens is 302 g/mol. The molecule has 0 atom stereocenters. The lowest BCUT2D eigenvalue weighted by Crippen LogP contribution is -2.23. The lowest BCUT2D eigenvalue weighted by Gasteiger charge is -2.32. The summed E-state index contributed by atoms with van der Waals surface area (Å²) < 4.78 is 0. The van der Waals surface area contributed by atoms with Crippen LogP contribution in [-0.2, 0) is 5.41 Å². The van der Waals surface area contributed by atoms with E-state index in [1.165, 1.54) is 30.4 Å². The summed E-state index contributed by atoms with van der Waals surface area (Å²) in [5.41, 5.74) is 3.34. The zero-order valence-electron chi connectivity index (χ0n) is 14.9. The first kappa shape index (κ1) is 17.2. The van der Waals surface area contributed by atoms with Crippen molar-refractivity contribution in [3.05, 3.63) is 95.6 Å². The van der Waals surface area contributed by atoms with Gasteiger partial charge in [0, 0.05) is 11.3 Å². The molecule has 2 aromatic carbocycles. The molecule has 1 heteroatoms. The maximum atomic E-state index is 8.96. The van der Waals surface area contributed by atoms with Gasteiger partial charge in [-0.1, -0.05) is 93.0 Å². The van der Waals surface area contributed by atoms with Crippen LogP contribution >= 0.6 is 0 Å². The van der Waals surface area contributed by atoms with Crippen molar-refractivity contribution in [1.29, 1.82) is 5.26 Å². The zero-order valence-corrected chi connectivity index (χ0v) is 14.9. The van der Waals surface area contributed by atoms with Crippen molar-refractivity contribution in [2.45, 2.75) is 43.9 Å². The summed E-state index contributed by atoms with van der Waals surface area (Å²) in [5, 5.41) is 8.96. The van der Waals surface area contributed by atoms with Crippen LogP contribution in [0.15, 0.2) is 78.9 Å². The molecule has 25 heavy (non-hydrogen) atoms. The minimum atomic E-state index is 0.0134. The van der Waals surface area contributed by atoms with Crippen molar-refractivity contribution in [2.75, 3.05) is 0 Å². The van der Waals surface area contributed by atoms with E-state index < -0.39 is 0 Å². The lowest BCUT2D eigenvalue weighted by molar-refractivity contribution is 0.537. The van der Waals surface area contributed by atoms with Crippen molar-refractivity contribution in [1.82, 2.24) is 0 Å². The van der Waals surface area contributed by atoms with Gasteiger partial charge in [-0.05, 0) is 29.7 Å². The van der Waals surface area contributed by atoms with Gasteiger partial charge in [0.2, 0.25) is 0 Å². The number of allylic oxidation sites excluding steroid dienone is 4. The van der Waals surface area contributed by atoms with E-state index in [-0.39, 0.29) is 11.3 Å². The molecule has 0 fully saturated rings. The fraction of sp³-hybridized carbons (Fsp3) is 0.292. The number of nitriles is 1. The first-order chi connectivity index (χ1) is 12.3. The number of benzene rings is 2. The average molecular weight is 327 g/mol. The van der Waals surface area contributed by atoms with Crippen molar-refractivity contribution >= 4 is 0 Å². The van der Waals surface area contributed by atoms with Crippen molar-refractivity contribution in [2.24, 2.45) is 0 Å². The highest BCUT2D eigenvalue weighted by atomic mass is 14.3. The van der Waals surface area contributed by atoms with Crippen LogP contribution in [0.5, 0.6) is 0 Å². The van der Waals surface area contributed by atoms with Crippen LogP contribution in [-0.4, -0.2) is 0 Å². The molecule has 1 aliphatic rings. The van der Waals surface area contributed by atoms with Gasteiger partial charge in [-0.25, -0.2) is 0 Å². The number of hydrogen-bond donors (Lipinski definition) is 0. The normalized spacial score (nSPS) is 21.8. The Balaban J connectivity index is 1.84. The number of nitrogens with zero attached hydrogens (tertiary/aromatic N) is 1. The molecule has 0 heterocycles. The smallest absolute Gasteiger partial charge is 0.0991 e. The molecule has 3 rings (SSSR count). The minimum Gasteiger partial charge on any atom is -0.192 e. The average Bonchev–Trinajstić information content (AvgIpc) is 2.69. The van der Waals surface area contributed by atoms with Gasteiger partial charge in [0.1, 0.15) is 0 Å². The molecule has 0 bridgehead atoms. The van der Waals surface area contributed by atoms with Crippen LogP contribution in [0.3, 0.4) is 0 Å². The lowest BCUT2D eigenvalue weighted by atomic mass is 9.72. The first-order valence-corrected chi connectivity index (χ1v) is 9.22. The molecule has 0 amide bonds. The van der Waals surface area contributed by atoms with Gasteiger partial charge in [-0.3, -0.25) is 0 Å². The second kappa shape index (κ2) is 7.99. The Morgan fingerprint density at radius 3 is 2.20 bits per heavy atom. The maximum Gasteiger partial charge on any atom is 0.0991 e. The number of hydrogen-bond acceptors (Lipinski definition) is 1. The van der Waals surface area contributed by atoms with E-state index in [1.54, 1.807) is 0 Å². The third-order valence-corrected chi connectivity index (χ3v) is 5.13. The Morgan fingerprint density at radius 2 is 1.60 bits per heavy atom. The highest BCUT2D eigenvalue weighted by Gasteiger charge is 2.28. The Bertz CT molecular complexity index is 761. The second-order valence-electron chi connectivity index (χ2n) is 6.84. The quantitative estimate of drug-likeness (QED) is 0.452. The summed E-state index contributed by atoms with van der Waals surface area (Å²) in [4.78, 5) is 0. The SMILES string of the molecule is CCCCCC1(c2ccccc2)C=CC(c2ccc(C#N)cc2)C=C1. The number of rotatable bonds is 6. The number of unbranched alkanes of at least 4 members (excludes halogenated alkanes) is 2. The van der Waals surface area contributed by atoms with E-state index in [4.69, 9.17) is 5.26 Å². The van der Waals surface area contributed by atoms with Crippen molar-refractivity contribution < 1.29 is 0 Å². The van der Waals surface area contributed by atoms with Crippen LogP contribution in [0, 0.1) is 11.3 Å². The second-order valence-corrected chi connectivity index (χ2v) is 6.84. The standard InChI is InChI=1S/C24H25N/c1-2-3-7-16-24(23-8-5-4-6-9-23)17-14-22(15-18-24)21-12-10-20(19-25)11-13-21/h4-6,8-15,17-18,22H,2-3,7,16H2,1H3. The Labute approximate surface area is 151 Å². The van der Waals surface area contributed by atoms with E-state index in [2.05, 4.69) is 79.8 Å². The minimum absolute atomic E-state index is 0.0134. The fourth-order valence-electron chi connectivity index (χ4n) is 3.59. The summed E-state index contributed by atoms with van der Waals surface area (Å²) in [5.74, 6) is 0.288. The zero-order chi connectivity index (χ0) is 17.5. The van der Waals surface area contributed by atoms with Gasteiger partial charge < -0.3 is 0 Å². The van der Waals surface area contributed by atoms with Gasteiger partial charge in [0.25, 0.3) is 0 Å². The summed E-state index contributed by atoms with van der Waals surface area (Å²) in [7, 11) is 0. The maximum absolute atomic E-state index is 8.96. The monoisotopic (exact) mass is 327 g/mol. The molecule has 0 saturated carbocycles. The molecule has 0 radical (unpaired) electrons. The highest BCUT2D eigenvalue weighted by molar-refractivity contribution is 5.44. The predicted octanol–water partition coefficient (Wildman–Crippen LogP) is 6.29. The van der Waals surface area contributed by atoms with Gasteiger partial charge >= 0.3 is 0 Å². The Hall–Kier alpha value is -2.59. The Morgan fingerprint density at radius 1 is 0.920 bits per heavy atom. The molecule has 0 saturated heterocycles. The van der Waals surface area contributed by atoms with Crippen molar-refractivity contribution in [3.8, 4) is 6.07 Å². The molecule has 0 N–H and O–H groups in total. The van der Waals surface area contributed by atoms with Crippen LogP contribution < -0.4 is 0 Å². The van der Waals surface area contributed by atoms with E-state index in [0.717, 1.165) is 6.42 Å². The van der Waals surface area contributed by atoms with Crippen molar-refractivity contribution in [3.63, 3.8) is 0 Å². The predicted molar refractivity (Wildman–Crippen MR) is 104 cm³/mol. The molecule has 0 spiro atoms. The largest absolute Gasteiger partial charge is 0.192 e. The molecular formula is C24H25N. The summed E-state index contributed by atoms with van der Waals surface area (Å²) in [6, 6.07) is 20.9. The highest BCUT2D eigenvalue weighted by Crippen LogP contribution is 2.39. The summed E-state index contributed by atoms with van der Waals surface area (Å²) in [6.07, 6.45) is 14.3. The molecule has 0 aliphatic heterocycles. The fourth-order valence-corrected chi connectivity index (χ4v) is 3.59. The summed E-state index contributed by atoms with van der Waals surface area (Å²) in [6.45, 7) is 2.25. The van der Waals surface area contributed by atoms with Gasteiger partial charge in [-0.2, -0.15) is 5.26 Å². The Kier molecular flexibility index (Phi) is 5.51. The molecule has 1 nitrogen and oxygen atoms in total. The molecule has 0 unspecified atom stereocenters. The molecule has 1 aliphatic carbocycles. The first-order valence-electron chi connectivity index (χ1n) is 9.22. The van der Waals surface area contributed by atoms with E-state index >= 15 is 0 Å². The van der Waals surface area contributed by atoms with Crippen LogP contribution in [0.4, 0.5) is 0 Å². The third kappa shape index (κ3) is 3.91. The summed E-state index contributed by atoms with van der Waals surface area (Å²) >= 11 is 0. The van der Waals surface area contributed by atoms with Crippen LogP contribution in [0.1, 0.15) is 55.2 Å². The van der Waals surface area contributed by atoms with E-state index in [0.29, 0.717) is 5.56 Å².